The van der Waals surface area contributed by atoms with Crippen LogP contribution in [0.15, 0.2) is 48.5 Å². The quantitative estimate of drug-likeness (QED) is 0.690. The normalized spacial score (nSPS) is 10.5. The topological polar surface area (TPSA) is 63.6 Å². The minimum Gasteiger partial charge on any atom is -0.478 e. The molecule has 0 heterocycles. The summed E-state index contributed by atoms with van der Waals surface area (Å²) in [6.07, 6.45) is 3.47. The van der Waals surface area contributed by atoms with Crippen LogP contribution in [-0.4, -0.2) is 24.2 Å². The molecular formula is C17H14O4. The number of benzene rings is 2. The highest BCUT2D eigenvalue weighted by molar-refractivity contribution is 6.05. The standard InChI is InChI=1S/C17H14O4/c1-21-17(20)14-9-5-8-13(15(14)16(18)19)11-10-12-6-3-2-4-7-12/h2-11H,1H3,(H,18,19)/b11-10+. The van der Waals surface area contributed by atoms with Crippen LogP contribution in [0.4, 0.5) is 0 Å². The van der Waals surface area contributed by atoms with Gasteiger partial charge in [-0.05, 0) is 17.2 Å². The van der Waals surface area contributed by atoms with Crippen molar-refractivity contribution in [3.8, 4) is 0 Å². The Balaban J connectivity index is 2.46. The fraction of sp³-hybridized carbons (Fsp3) is 0.0588. The molecule has 2 rings (SSSR count). The average molecular weight is 282 g/mol. The van der Waals surface area contributed by atoms with E-state index < -0.39 is 11.9 Å². The molecule has 1 N–H and O–H groups in total. The van der Waals surface area contributed by atoms with Gasteiger partial charge in [0.05, 0.1) is 18.2 Å². The van der Waals surface area contributed by atoms with Crippen molar-refractivity contribution >= 4 is 24.1 Å². The van der Waals surface area contributed by atoms with Crippen LogP contribution in [0.2, 0.25) is 0 Å². The largest absolute Gasteiger partial charge is 0.478 e. The maximum Gasteiger partial charge on any atom is 0.338 e. The third-order valence-electron chi connectivity index (χ3n) is 2.97. The van der Waals surface area contributed by atoms with E-state index in [-0.39, 0.29) is 11.1 Å². The van der Waals surface area contributed by atoms with Crippen molar-refractivity contribution in [1.82, 2.24) is 0 Å². The summed E-state index contributed by atoms with van der Waals surface area (Å²) in [6, 6.07) is 14.2. The van der Waals surface area contributed by atoms with Crippen molar-refractivity contribution in [2.24, 2.45) is 0 Å². The van der Waals surface area contributed by atoms with Gasteiger partial charge in [-0.1, -0.05) is 54.6 Å². The lowest BCUT2D eigenvalue weighted by atomic mass is 10.00. The van der Waals surface area contributed by atoms with Gasteiger partial charge >= 0.3 is 11.9 Å². The smallest absolute Gasteiger partial charge is 0.338 e. The van der Waals surface area contributed by atoms with Gasteiger partial charge < -0.3 is 9.84 Å². The third-order valence-corrected chi connectivity index (χ3v) is 2.97. The van der Waals surface area contributed by atoms with Gasteiger partial charge in [0.2, 0.25) is 0 Å². The Kier molecular flexibility index (Phi) is 4.51. The molecule has 4 nitrogen and oxygen atoms in total. The summed E-state index contributed by atoms with van der Waals surface area (Å²) < 4.78 is 4.62. The van der Waals surface area contributed by atoms with E-state index in [0.717, 1.165) is 5.56 Å². The van der Waals surface area contributed by atoms with Crippen LogP contribution in [-0.2, 0) is 4.74 Å². The molecular weight excluding hydrogens is 268 g/mol. The van der Waals surface area contributed by atoms with E-state index in [0.29, 0.717) is 5.56 Å². The van der Waals surface area contributed by atoms with Crippen LogP contribution in [0.1, 0.15) is 31.8 Å². The molecule has 0 atom stereocenters. The van der Waals surface area contributed by atoms with E-state index in [4.69, 9.17) is 0 Å². The van der Waals surface area contributed by atoms with Gasteiger partial charge in [0.25, 0.3) is 0 Å². The molecule has 2 aromatic carbocycles. The van der Waals surface area contributed by atoms with E-state index in [1.165, 1.54) is 13.2 Å². The Morgan fingerprint density at radius 3 is 2.33 bits per heavy atom. The summed E-state index contributed by atoms with van der Waals surface area (Å²) in [5.41, 5.74) is 1.38. The molecule has 21 heavy (non-hydrogen) atoms. The molecule has 2 aromatic rings. The summed E-state index contributed by atoms with van der Waals surface area (Å²) in [7, 11) is 1.22. The highest BCUT2D eigenvalue weighted by Gasteiger charge is 2.19. The van der Waals surface area contributed by atoms with Gasteiger partial charge in [-0.2, -0.15) is 0 Å². The Bertz CT molecular complexity index is 687. The lowest BCUT2D eigenvalue weighted by Crippen LogP contribution is -2.11. The number of hydrogen-bond donors (Lipinski definition) is 1. The van der Waals surface area contributed by atoms with Crippen molar-refractivity contribution in [1.29, 1.82) is 0 Å². The molecule has 0 spiro atoms. The first-order valence-electron chi connectivity index (χ1n) is 6.31. The molecule has 0 amide bonds. The number of carboxylic acids is 1. The molecule has 0 fully saturated rings. The zero-order chi connectivity index (χ0) is 15.2. The van der Waals surface area contributed by atoms with Crippen LogP contribution in [0, 0.1) is 0 Å². The van der Waals surface area contributed by atoms with Crippen LogP contribution in [0.3, 0.4) is 0 Å². The summed E-state index contributed by atoms with van der Waals surface area (Å²) in [4.78, 5) is 23.1. The molecule has 0 aromatic heterocycles. The summed E-state index contributed by atoms with van der Waals surface area (Å²) in [5.74, 6) is -1.83. The highest BCUT2D eigenvalue weighted by atomic mass is 16.5. The number of carbonyl (C=O) groups is 2. The molecule has 0 unspecified atom stereocenters. The Morgan fingerprint density at radius 1 is 1.00 bits per heavy atom. The zero-order valence-electron chi connectivity index (χ0n) is 11.4. The minimum atomic E-state index is -1.16. The second-order valence-corrected chi connectivity index (χ2v) is 4.31. The molecule has 0 aliphatic heterocycles. The van der Waals surface area contributed by atoms with Gasteiger partial charge in [0, 0.05) is 0 Å². The number of carbonyl (C=O) groups excluding carboxylic acids is 1. The first-order valence-corrected chi connectivity index (χ1v) is 6.31. The fourth-order valence-electron chi connectivity index (χ4n) is 1.98. The van der Waals surface area contributed by atoms with Gasteiger partial charge in [0.1, 0.15) is 0 Å². The molecule has 0 bridgehead atoms. The minimum absolute atomic E-state index is 0.0419. The molecule has 0 saturated heterocycles. The Hall–Kier alpha value is -2.88. The van der Waals surface area contributed by atoms with Gasteiger partial charge in [0.15, 0.2) is 0 Å². The summed E-state index contributed by atoms with van der Waals surface area (Å²) in [5, 5.41) is 9.35. The first-order chi connectivity index (χ1) is 10.1. The Morgan fingerprint density at radius 2 is 1.71 bits per heavy atom. The van der Waals surface area contributed by atoms with Gasteiger partial charge in [-0.25, -0.2) is 9.59 Å². The maximum absolute atomic E-state index is 11.7. The molecule has 0 radical (unpaired) electrons. The predicted molar refractivity (Wildman–Crippen MR) is 80.1 cm³/mol. The van der Waals surface area contributed by atoms with E-state index in [1.54, 1.807) is 24.3 Å². The number of aromatic carboxylic acids is 1. The maximum atomic E-state index is 11.7. The van der Waals surface area contributed by atoms with Crippen molar-refractivity contribution in [3.63, 3.8) is 0 Å². The average Bonchev–Trinajstić information content (AvgIpc) is 2.52. The fourth-order valence-corrected chi connectivity index (χ4v) is 1.98. The summed E-state index contributed by atoms with van der Waals surface area (Å²) >= 11 is 0. The molecule has 0 aliphatic rings. The molecule has 0 aliphatic carbocycles. The van der Waals surface area contributed by atoms with E-state index >= 15 is 0 Å². The van der Waals surface area contributed by atoms with Crippen molar-refractivity contribution in [2.45, 2.75) is 0 Å². The van der Waals surface area contributed by atoms with E-state index in [2.05, 4.69) is 4.74 Å². The number of ether oxygens (including phenoxy) is 1. The summed E-state index contributed by atoms with van der Waals surface area (Å²) in [6.45, 7) is 0. The van der Waals surface area contributed by atoms with E-state index in [9.17, 15) is 14.7 Å². The van der Waals surface area contributed by atoms with Crippen LogP contribution < -0.4 is 0 Å². The van der Waals surface area contributed by atoms with Crippen LogP contribution in [0.25, 0.3) is 12.2 Å². The predicted octanol–water partition coefficient (Wildman–Crippen LogP) is 3.34. The van der Waals surface area contributed by atoms with Crippen molar-refractivity contribution in [2.75, 3.05) is 7.11 Å². The van der Waals surface area contributed by atoms with Crippen molar-refractivity contribution in [3.05, 3.63) is 70.8 Å². The second-order valence-electron chi connectivity index (χ2n) is 4.31. The number of esters is 1. The van der Waals surface area contributed by atoms with E-state index in [1.807, 2.05) is 30.3 Å². The van der Waals surface area contributed by atoms with Crippen LogP contribution >= 0.6 is 0 Å². The molecule has 0 saturated carbocycles. The number of methoxy groups -OCH3 is 1. The third kappa shape index (κ3) is 3.36. The number of carboxylic acid groups (broad SMARTS) is 1. The highest BCUT2D eigenvalue weighted by Crippen LogP contribution is 2.19. The Labute approximate surface area is 122 Å². The zero-order valence-corrected chi connectivity index (χ0v) is 11.4. The number of rotatable bonds is 4. The SMILES string of the molecule is COC(=O)c1cccc(/C=C/c2ccccc2)c1C(=O)O. The molecule has 106 valence electrons. The molecule has 4 heteroatoms. The first kappa shape index (κ1) is 14.5. The lowest BCUT2D eigenvalue weighted by molar-refractivity contribution is 0.0582. The monoisotopic (exact) mass is 282 g/mol. The van der Waals surface area contributed by atoms with Gasteiger partial charge in [-0.15, -0.1) is 0 Å². The second kappa shape index (κ2) is 6.52. The van der Waals surface area contributed by atoms with Crippen LogP contribution in [0.5, 0.6) is 0 Å². The van der Waals surface area contributed by atoms with Gasteiger partial charge in [-0.3, -0.25) is 0 Å². The van der Waals surface area contributed by atoms with Crippen molar-refractivity contribution < 1.29 is 19.4 Å². The number of hydrogen-bond acceptors (Lipinski definition) is 3. The lowest BCUT2D eigenvalue weighted by Gasteiger charge is -2.07.